The molecule has 3 nitrogen and oxygen atoms in total. The van der Waals surface area contributed by atoms with Gasteiger partial charge < -0.3 is 0 Å². The Labute approximate surface area is 286 Å². The van der Waals surface area contributed by atoms with Crippen LogP contribution in [0.25, 0.3) is 72.4 Å². The van der Waals surface area contributed by atoms with Crippen LogP contribution in [0.5, 0.6) is 0 Å². The van der Waals surface area contributed by atoms with Crippen molar-refractivity contribution < 1.29 is 0 Å². The van der Waals surface area contributed by atoms with Crippen molar-refractivity contribution in [3.8, 4) is 56.0 Å². The highest BCUT2D eigenvalue weighted by molar-refractivity contribution is 5.91. The highest BCUT2D eigenvalue weighted by Crippen LogP contribution is 2.51. The summed E-state index contributed by atoms with van der Waals surface area (Å²) in [6, 6.07) is 46.6. The second-order valence-corrected chi connectivity index (χ2v) is 14.7. The van der Waals surface area contributed by atoms with E-state index in [0.717, 1.165) is 39.4 Å². The van der Waals surface area contributed by atoms with Crippen LogP contribution >= 0.6 is 0 Å². The number of rotatable bonds is 3. The Hall–Kier alpha value is -5.80. The SMILES string of the molecule is CC1(C)c2ccccc2-c2ccc(-c3cn4c(-c5ccc6c(c5)C(C)(C)c5ccccc5-6)cnc4c(-c4ccc5ccccc5c4)n3)cc21. The molecule has 10 rings (SSSR count). The second-order valence-electron chi connectivity index (χ2n) is 14.7. The highest BCUT2D eigenvalue weighted by atomic mass is 15.0. The van der Waals surface area contributed by atoms with Gasteiger partial charge in [0.05, 0.1) is 17.6 Å². The molecule has 0 saturated carbocycles. The summed E-state index contributed by atoms with van der Waals surface area (Å²) < 4.78 is 2.26. The zero-order valence-corrected chi connectivity index (χ0v) is 28.1. The molecular weight excluding hydrogens is 595 g/mol. The molecule has 0 bridgehead atoms. The van der Waals surface area contributed by atoms with Gasteiger partial charge in [-0.2, -0.15) is 0 Å². The second kappa shape index (κ2) is 9.87. The topological polar surface area (TPSA) is 30.2 Å². The van der Waals surface area contributed by atoms with E-state index in [9.17, 15) is 0 Å². The van der Waals surface area contributed by atoms with Crippen molar-refractivity contribution in [1.29, 1.82) is 0 Å². The lowest BCUT2D eigenvalue weighted by Crippen LogP contribution is -2.15. The van der Waals surface area contributed by atoms with Gasteiger partial charge in [-0.15, -0.1) is 0 Å². The molecule has 0 N–H and O–H groups in total. The molecular formula is C46H35N3. The fourth-order valence-corrected chi connectivity index (χ4v) is 8.60. The van der Waals surface area contributed by atoms with Crippen LogP contribution in [-0.4, -0.2) is 14.4 Å². The number of nitrogens with zero attached hydrogens (tertiary/aromatic N) is 3. The minimum Gasteiger partial charge on any atom is -0.296 e. The molecule has 0 spiro atoms. The van der Waals surface area contributed by atoms with E-state index in [1.807, 2.05) is 6.20 Å². The minimum absolute atomic E-state index is 0.0831. The first-order valence-corrected chi connectivity index (χ1v) is 17.2. The molecule has 0 saturated heterocycles. The smallest absolute Gasteiger partial charge is 0.164 e. The third kappa shape index (κ3) is 3.96. The maximum atomic E-state index is 5.40. The van der Waals surface area contributed by atoms with E-state index >= 15 is 0 Å². The molecule has 234 valence electrons. The Morgan fingerprint density at radius 1 is 0.490 bits per heavy atom. The van der Waals surface area contributed by atoms with Crippen LogP contribution < -0.4 is 0 Å². The van der Waals surface area contributed by atoms with Crippen molar-refractivity contribution in [2.45, 2.75) is 38.5 Å². The van der Waals surface area contributed by atoms with Gasteiger partial charge in [0.25, 0.3) is 0 Å². The number of fused-ring (bicyclic) bond motifs is 8. The average molecular weight is 630 g/mol. The molecule has 0 amide bonds. The van der Waals surface area contributed by atoms with E-state index in [1.165, 1.54) is 55.3 Å². The van der Waals surface area contributed by atoms with Crippen molar-refractivity contribution >= 4 is 16.4 Å². The predicted molar refractivity (Wildman–Crippen MR) is 202 cm³/mol. The lowest BCUT2D eigenvalue weighted by molar-refractivity contribution is 0.660. The molecule has 2 aliphatic carbocycles. The molecule has 8 aromatic rings. The summed E-state index contributed by atoms with van der Waals surface area (Å²) in [4.78, 5) is 10.5. The summed E-state index contributed by atoms with van der Waals surface area (Å²) >= 11 is 0. The van der Waals surface area contributed by atoms with Crippen molar-refractivity contribution in [2.24, 2.45) is 0 Å². The molecule has 6 aromatic carbocycles. The summed E-state index contributed by atoms with van der Waals surface area (Å²) in [7, 11) is 0. The van der Waals surface area contributed by atoms with Crippen molar-refractivity contribution in [3.05, 3.63) is 162 Å². The standard InChI is InChI=1S/C46H35N3/c1-45(2)37-15-9-7-13-33(37)35-21-19-30(24-39(35)45)41-27-49-42(31-20-22-36-34-14-8-10-16-38(34)46(3,4)40(36)25-31)26-47-44(49)43(48-41)32-18-17-28-11-5-6-12-29(28)23-32/h5-27H,1-4H3. The van der Waals surface area contributed by atoms with Crippen LogP contribution in [0, 0.1) is 0 Å². The van der Waals surface area contributed by atoms with Gasteiger partial charge in [0.1, 0.15) is 5.69 Å². The minimum atomic E-state index is -0.0951. The summed E-state index contributed by atoms with van der Waals surface area (Å²) in [6.07, 6.45) is 4.21. The van der Waals surface area contributed by atoms with E-state index in [2.05, 4.69) is 166 Å². The summed E-state index contributed by atoms with van der Waals surface area (Å²) in [5.74, 6) is 0. The van der Waals surface area contributed by atoms with Gasteiger partial charge >= 0.3 is 0 Å². The summed E-state index contributed by atoms with van der Waals surface area (Å²) in [5, 5.41) is 2.40. The quantitative estimate of drug-likeness (QED) is 0.195. The zero-order valence-electron chi connectivity index (χ0n) is 28.1. The number of imidazole rings is 1. The highest BCUT2D eigenvalue weighted by Gasteiger charge is 2.36. The first kappa shape index (κ1) is 28.2. The number of hydrogen-bond acceptors (Lipinski definition) is 2. The maximum Gasteiger partial charge on any atom is 0.164 e. The fourth-order valence-electron chi connectivity index (χ4n) is 8.60. The molecule has 49 heavy (non-hydrogen) atoms. The molecule has 0 atom stereocenters. The zero-order chi connectivity index (χ0) is 33.1. The molecule has 2 aliphatic rings. The Balaban J connectivity index is 1.19. The van der Waals surface area contributed by atoms with E-state index in [-0.39, 0.29) is 10.8 Å². The van der Waals surface area contributed by atoms with E-state index in [1.54, 1.807) is 0 Å². The van der Waals surface area contributed by atoms with Crippen LogP contribution in [0.4, 0.5) is 0 Å². The van der Waals surface area contributed by atoms with Crippen molar-refractivity contribution in [3.63, 3.8) is 0 Å². The van der Waals surface area contributed by atoms with Gasteiger partial charge in [0.2, 0.25) is 0 Å². The number of benzene rings is 6. The van der Waals surface area contributed by atoms with Gasteiger partial charge in [0, 0.05) is 33.7 Å². The summed E-state index contributed by atoms with van der Waals surface area (Å²) in [6.45, 7) is 9.34. The van der Waals surface area contributed by atoms with E-state index in [0.29, 0.717) is 0 Å². The van der Waals surface area contributed by atoms with Gasteiger partial charge in [-0.05, 0) is 73.5 Å². The first-order chi connectivity index (χ1) is 23.8. The van der Waals surface area contributed by atoms with Crippen LogP contribution in [0.2, 0.25) is 0 Å². The third-order valence-corrected chi connectivity index (χ3v) is 11.3. The summed E-state index contributed by atoms with van der Waals surface area (Å²) in [5.41, 5.74) is 17.6. The average Bonchev–Trinajstić information content (AvgIpc) is 3.74. The van der Waals surface area contributed by atoms with Crippen molar-refractivity contribution in [1.82, 2.24) is 14.4 Å². The molecule has 0 radical (unpaired) electrons. The molecule has 2 heterocycles. The normalized spacial score (nSPS) is 14.9. The van der Waals surface area contributed by atoms with Crippen LogP contribution in [0.15, 0.2) is 140 Å². The molecule has 0 unspecified atom stereocenters. The van der Waals surface area contributed by atoms with Gasteiger partial charge in [-0.25, -0.2) is 9.97 Å². The Bertz CT molecular complexity index is 2670. The molecule has 2 aromatic heterocycles. The van der Waals surface area contributed by atoms with Gasteiger partial charge in [-0.1, -0.05) is 137 Å². The van der Waals surface area contributed by atoms with Crippen LogP contribution in [0.3, 0.4) is 0 Å². The first-order valence-electron chi connectivity index (χ1n) is 17.2. The molecule has 0 fully saturated rings. The Morgan fingerprint density at radius 2 is 1.04 bits per heavy atom. The Kier molecular flexibility index (Phi) is 5.69. The van der Waals surface area contributed by atoms with E-state index in [4.69, 9.17) is 9.97 Å². The van der Waals surface area contributed by atoms with Gasteiger partial charge in [0.15, 0.2) is 5.65 Å². The molecule has 0 aliphatic heterocycles. The lowest BCUT2D eigenvalue weighted by Gasteiger charge is -2.22. The predicted octanol–water partition coefficient (Wildman–Crippen LogP) is 11.5. The number of aromatic nitrogens is 3. The van der Waals surface area contributed by atoms with Gasteiger partial charge in [-0.3, -0.25) is 4.40 Å². The van der Waals surface area contributed by atoms with Crippen LogP contribution in [-0.2, 0) is 10.8 Å². The lowest BCUT2D eigenvalue weighted by atomic mass is 9.82. The van der Waals surface area contributed by atoms with Crippen molar-refractivity contribution in [2.75, 3.05) is 0 Å². The number of hydrogen-bond donors (Lipinski definition) is 0. The maximum absolute atomic E-state index is 5.40. The third-order valence-electron chi connectivity index (χ3n) is 11.3. The Morgan fingerprint density at radius 3 is 1.73 bits per heavy atom. The fraction of sp³-hybridized carbons (Fsp3) is 0.130. The monoisotopic (exact) mass is 629 g/mol. The van der Waals surface area contributed by atoms with E-state index < -0.39 is 0 Å². The van der Waals surface area contributed by atoms with Crippen LogP contribution in [0.1, 0.15) is 49.9 Å². The molecule has 3 heteroatoms. The largest absolute Gasteiger partial charge is 0.296 e.